The van der Waals surface area contributed by atoms with Gasteiger partial charge in [0.1, 0.15) is 0 Å². The molecular weight excluding hydrogens is 429 g/mol. The second kappa shape index (κ2) is 8.96. The third kappa shape index (κ3) is 4.98. The SMILES string of the molecule is O=C(CSc1nnnn1-c1ccccc1)Nc1ccc(C(F)(F)F)cc1N1CCCC1. The Labute approximate surface area is 180 Å². The lowest BCUT2D eigenvalue weighted by molar-refractivity contribution is -0.137. The van der Waals surface area contributed by atoms with Gasteiger partial charge in [-0.15, -0.1) is 5.10 Å². The van der Waals surface area contributed by atoms with Gasteiger partial charge in [0.05, 0.1) is 28.4 Å². The summed E-state index contributed by atoms with van der Waals surface area (Å²) in [7, 11) is 0. The van der Waals surface area contributed by atoms with Crippen molar-refractivity contribution < 1.29 is 18.0 Å². The Hall–Kier alpha value is -3.08. The van der Waals surface area contributed by atoms with Crippen LogP contribution in [0, 0.1) is 0 Å². The molecule has 0 saturated carbocycles. The van der Waals surface area contributed by atoms with Gasteiger partial charge >= 0.3 is 6.18 Å². The van der Waals surface area contributed by atoms with E-state index < -0.39 is 11.7 Å². The zero-order chi connectivity index (χ0) is 21.8. The largest absolute Gasteiger partial charge is 0.416 e. The van der Waals surface area contributed by atoms with Crippen LogP contribution in [0.4, 0.5) is 24.5 Å². The van der Waals surface area contributed by atoms with Gasteiger partial charge in [-0.2, -0.15) is 17.9 Å². The van der Waals surface area contributed by atoms with Gasteiger partial charge in [0.25, 0.3) is 0 Å². The molecule has 2 heterocycles. The van der Waals surface area contributed by atoms with E-state index in [1.54, 1.807) is 0 Å². The number of thioether (sulfide) groups is 1. The Morgan fingerprint density at radius 1 is 1.10 bits per heavy atom. The van der Waals surface area contributed by atoms with Gasteiger partial charge in [-0.25, -0.2) is 0 Å². The molecular formula is C20H19F3N6OS. The number of rotatable bonds is 6. The number of amides is 1. The summed E-state index contributed by atoms with van der Waals surface area (Å²) in [6, 6.07) is 12.6. The fourth-order valence-electron chi connectivity index (χ4n) is 3.35. The predicted octanol–water partition coefficient (Wildman–Crippen LogP) is 4.01. The van der Waals surface area contributed by atoms with Crippen LogP contribution in [0.1, 0.15) is 18.4 Å². The maximum atomic E-state index is 13.2. The standard InChI is InChI=1S/C20H19F3N6OS/c21-20(22,23)14-8-9-16(17(12-14)28-10-4-5-11-28)24-18(30)13-31-19-25-26-27-29(19)15-6-2-1-3-7-15/h1-3,6-9,12H,4-5,10-11,13H2,(H,24,30). The molecule has 1 aliphatic heterocycles. The minimum absolute atomic E-state index is 0.00761. The van der Waals surface area contributed by atoms with Crippen LogP contribution in [0.2, 0.25) is 0 Å². The highest BCUT2D eigenvalue weighted by Crippen LogP contribution is 2.37. The molecule has 7 nitrogen and oxygen atoms in total. The third-order valence-corrected chi connectivity index (χ3v) is 5.74. The van der Waals surface area contributed by atoms with Crippen LogP contribution in [-0.4, -0.2) is 45.0 Å². The zero-order valence-electron chi connectivity index (χ0n) is 16.3. The summed E-state index contributed by atoms with van der Waals surface area (Å²) >= 11 is 1.14. The molecule has 162 valence electrons. The highest BCUT2D eigenvalue weighted by molar-refractivity contribution is 7.99. The average molecular weight is 448 g/mol. The zero-order valence-corrected chi connectivity index (χ0v) is 17.2. The van der Waals surface area contributed by atoms with Gasteiger partial charge in [0.2, 0.25) is 11.1 Å². The first kappa shape index (κ1) is 21.2. The normalized spacial score (nSPS) is 14.1. The molecule has 4 rings (SSSR count). The average Bonchev–Trinajstić information content (AvgIpc) is 3.44. The van der Waals surface area contributed by atoms with Crippen molar-refractivity contribution in [3.63, 3.8) is 0 Å². The van der Waals surface area contributed by atoms with E-state index in [2.05, 4.69) is 20.8 Å². The first-order chi connectivity index (χ1) is 14.9. The Kier molecular flexibility index (Phi) is 6.12. The van der Waals surface area contributed by atoms with Gasteiger partial charge in [0.15, 0.2) is 0 Å². The van der Waals surface area contributed by atoms with Gasteiger partial charge in [0, 0.05) is 13.1 Å². The summed E-state index contributed by atoms with van der Waals surface area (Å²) in [5.41, 5.74) is 0.779. The van der Waals surface area contributed by atoms with Crippen molar-refractivity contribution in [2.75, 3.05) is 29.1 Å². The highest BCUT2D eigenvalue weighted by atomic mass is 32.2. The van der Waals surface area contributed by atoms with Crippen LogP contribution in [0.25, 0.3) is 5.69 Å². The molecule has 2 aromatic carbocycles. The molecule has 1 N–H and O–H groups in total. The number of carbonyl (C=O) groups excluding carboxylic acids is 1. The van der Waals surface area contributed by atoms with E-state index in [-0.39, 0.29) is 11.7 Å². The number of anilines is 2. The van der Waals surface area contributed by atoms with Crippen molar-refractivity contribution in [1.29, 1.82) is 0 Å². The van der Waals surface area contributed by atoms with Crippen LogP contribution >= 0.6 is 11.8 Å². The van der Waals surface area contributed by atoms with Crippen molar-refractivity contribution in [3.05, 3.63) is 54.1 Å². The molecule has 3 aromatic rings. The lowest BCUT2D eigenvalue weighted by Crippen LogP contribution is -2.22. The molecule has 0 aliphatic carbocycles. The van der Waals surface area contributed by atoms with Gasteiger partial charge in [-0.1, -0.05) is 30.0 Å². The minimum Gasteiger partial charge on any atom is -0.370 e. The summed E-state index contributed by atoms with van der Waals surface area (Å²) in [6.45, 7) is 1.32. The van der Waals surface area contributed by atoms with E-state index in [4.69, 9.17) is 0 Å². The molecule has 11 heteroatoms. The number of carbonyl (C=O) groups is 1. The smallest absolute Gasteiger partial charge is 0.370 e. The maximum absolute atomic E-state index is 13.2. The number of alkyl halides is 3. The van der Waals surface area contributed by atoms with Crippen molar-refractivity contribution in [2.24, 2.45) is 0 Å². The van der Waals surface area contributed by atoms with Crippen LogP contribution in [0.15, 0.2) is 53.7 Å². The molecule has 1 saturated heterocycles. The summed E-state index contributed by atoms with van der Waals surface area (Å²) in [6.07, 6.45) is -2.63. The Morgan fingerprint density at radius 2 is 1.84 bits per heavy atom. The van der Waals surface area contributed by atoms with Crippen molar-refractivity contribution >= 4 is 29.0 Å². The molecule has 1 fully saturated rings. The number of benzene rings is 2. The maximum Gasteiger partial charge on any atom is 0.416 e. The van der Waals surface area contributed by atoms with E-state index in [1.165, 1.54) is 10.7 Å². The number of aromatic nitrogens is 4. The Morgan fingerprint density at radius 3 is 2.55 bits per heavy atom. The molecule has 31 heavy (non-hydrogen) atoms. The van der Waals surface area contributed by atoms with Crippen molar-refractivity contribution in [3.8, 4) is 5.69 Å². The number of hydrogen-bond acceptors (Lipinski definition) is 6. The molecule has 0 spiro atoms. The van der Waals surface area contributed by atoms with Crippen LogP contribution < -0.4 is 10.2 Å². The Bertz CT molecular complexity index is 1050. The van der Waals surface area contributed by atoms with Crippen LogP contribution in [0.3, 0.4) is 0 Å². The van der Waals surface area contributed by atoms with Crippen LogP contribution in [0.5, 0.6) is 0 Å². The van der Waals surface area contributed by atoms with Gasteiger partial charge in [-0.3, -0.25) is 4.79 Å². The fraction of sp³-hybridized carbons (Fsp3) is 0.300. The summed E-state index contributed by atoms with van der Waals surface area (Å²) in [5, 5.41) is 14.7. The third-order valence-electron chi connectivity index (χ3n) is 4.82. The summed E-state index contributed by atoms with van der Waals surface area (Å²) in [5.74, 6) is -0.346. The molecule has 0 radical (unpaired) electrons. The molecule has 1 amide bonds. The number of para-hydroxylation sites is 1. The first-order valence-corrected chi connectivity index (χ1v) is 10.6. The van der Waals surface area contributed by atoms with E-state index in [9.17, 15) is 18.0 Å². The lowest BCUT2D eigenvalue weighted by atomic mass is 10.1. The Balaban J connectivity index is 1.47. The predicted molar refractivity (Wildman–Crippen MR) is 111 cm³/mol. The van der Waals surface area contributed by atoms with E-state index in [0.29, 0.717) is 29.6 Å². The monoisotopic (exact) mass is 448 g/mol. The second-order valence-electron chi connectivity index (χ2n) is 6.97. The highest BCUT2D eigenvalue weighted by Gasteiger charge is 2.32. The van der Waals surface area contributed by atoms with Gasteiger partial charge in [-0.05, 0) is 53.6 Å². The van der Waals surface area contributed by atoms with Crippen LogP contribution in [-0.2, 0) is 11.0 Å². The molecule has 0 unspecified atom stereocenters. The van der Waals surface area contributed by atoms with Gasteiger partial charge < -0.3 is 10.2 Å². The van der Waals surface area contributed by atoms with Crippen molar-refractivity contribution in [1.82, 2.24) is 20.2 Å². The quantitative estimate of drug-likeness (QED) is 0.575. The van der Waals surface area contributed by atoms with E-state index >= 15 is 0 Å². The number of nitrogens with zero attached hydrogens (tertiary/aromatic N) is 5. The van der Waals surface area contributed by atoms with E-state index in [0.717, 1.165) is 42.4 Å². The topological polar surface area (TPSA) is 75.9 Å². The summed E-state index contributed by atoms with van der Waals surface area (Å²) < 4.78 is 41.0. The number of nitrogens with one attached hydrogen (secondary N) is 1. The molecule has 0 atom stereocenters. The number of halogens is 3. The fourth-order valence-corrected chi connectivity index (χ4v) is 4.04. The molecule has 1 aliphatic rings. The lowest BCUT2D eigenvalue weighted by Gasteiger charge is -2.23. The molecule has 1 aromatic heterocycles. The first-order valence-electron chi connectivity index (χ1n) is 9.64. The summed E-state index contributed by atoms with van der Waals surface area (Å²) in [4.78, 5) is 14.4. The number of hydrogen-bond donors (Lipinski definition) is 1. The second-order valence-corrected chi connectivity index (χ2v) is 7.91. The molecule has 0 bridgehead atoms. The van der Waals surface area contributed by atoms with E-state index in [1.807, 2.05) is 35.2 Å². The number of tetrazole rings is 1. The van der Waals surface area contributed by atoms with Crippen molar-refractivity contribution in [2.45, 2.75) is 24.2 Å². The minimum atomic E-state index is -4.44.